The van der Waals surface area contributed by atoms with E-state index in [9.17, 15) is 4.39 Å². The normalized spacial score (nSPS) is 10.6. The minimum absolute atomic E-state index is 0.268. The Morgan fingerprint density at radius 1 is 1.15 bits per heavy atom. The summed E-state index contributed by atoms with van der Waals surface area (Å²) in [6, 6.07) is 10.00. The standard InChI is InChI=1S/C18H18BrFN4O2/c1-2-25-16-7-13(9-21-18-22-11-23-24-18)15(19)8-17(16)26-10-12-3-5-14(20)6-4-12/h3-8,11H,2,9-10H2,1H3,(H2,21,22,23,24). The van der Waals surface area contributed by atoms with E-state index in [0.29, 0.717) is 37.2 Å². The van der Waals surface area contributed by atoms with Gasteiger partial charge >= 0.3 is 0 Å². The molecule has 0 unspecified atom stereocenters. The molecular weight excluding hydrogens is 403 g/mol. The van der Waals surface area contributed by atoms with Gasteiger partial charge in [0.25, 0.3) is 0 Å². The molecule has 0 aliphatic carbocycles. The first kappa shape index (κ1) is 18.2. The number of benzene rings is 2. The Balaban J connectivity index is 1.73. The van der Waals surface area contributed by atoms with Crippen LogP contribution < -0.4 is 14.8 Å². The number of nitrogens with zero attached hydrogens (tertiary/aromatic N) is 2. The average molecular weight is 421 g/mol. The summed E-state index contributed by atoms with van der Waals surface area (Å²) in [7, 11) is 0. The summed E-state index contributed by atoms with van der Waals surface area (Å²) >= 11 is 3.56. The number of halogens is 2. The molecule has 0 amide bonds. The van der Waals surface area contributed by atoms with Gasteiger partial charge in [0.1, 0.15) is 18.8 Å². The Hall–Kier alpha value is -2.61. The maximum atomic E-state index is 13.0. The number of H-pyrrole nitrogens is 1. The molecule has 0 fully saturated rings. The third-order valence-corrected chi connectivity index (χ3v) is 4.32. The fraction of sp³-hybridized carbons (Fsp3) is 0.222. The lowest BCUT2D eigenvalue weighted by molar-refractivity contribution is 0.269. The number of rotatable bonds is 8. The van der Waals surface area contributed by atoms with E-state index in [4.69, 9.17) is 9.47 Å². The first-order valence-electron chi connectivity index (χ1n) is 8.07. The van der Waals surface area contributed by atoms with Crippen molar-refractivity contribution in [3.05, 3.63) is 64.1 Å². The second-order valence-electron chi connectivity index (χ2n) is 5.43. The van der Waals surface area contributed by atoms with Crippen LogP contribution >= 0.6 is 15.9 Å². The topological polar surface area (TPSA) is 72.1 Å². The summed E-state index contributed by atoms with van der Waals surface area (Å²) in [4.78, 5) is 4.03. The Bertz CT molecular complexity index is 841. The first-order valence-corrected chi connectivity index (χ1v) is 8.86. The van der Waals surface area contributed by atoms with Crippen LogP contribution in [0, 0.1) is 5.82 Å². The Kier molecular flexibility index (Phi) is 6.06. The molecule has 0 radical (unpaired) electrons. The maximum absolute atomic E-state index is 13.0. The molecule has 1 heterocycles. The van der Waals surface area contributed by atoms with Crippen LogP contribution in [-0.2, 0) is 13.2 Å². The van der Waals surface area contributed by atoms with E-state index in [-0.39, 0.29) is 5.82 Å². The van der Waals surface area contributed by atoms with Gasteiger partial charge in [0, 0.05) is 11.0 Å². The average Bonchev–Trinajstić information content (AvgIpc) is 3.15. The van der Waals surface area contributed by atoms with Gasteiger partial charge in [-0.2, -0.15) is 5.10 Å². The highest BCUT2D eigenvalue weighted by Crippen LogP contribution is 2.34. The van der Waals surface area contributed by atoms with Gasteiger partial charge in [-0.1, -0.05) is 28.1 Å². The molecule has 0 aliphatic rings. The van der Waals surface area contributed by atoms with E-state index in [1.807, 2.05) is 19.1 Å². The van der Waals surface area contributed by atoms with Crippen LogP contribution in [0.4, 0.5) is 10.3 Å². The van der Waals surface area contributed by atoms with Gasteiger partial charge in [0.05, 0.1) is 6.61 Å². The number of aromatic amines is 1. The Morgan fingerprint density at radius 3 is 2.62 bits per heavy atom. The van der Waals surface area contributed by atoms with Gasteiger partial charge in [0.15, 0.2) is 11.5 Å². The second-order valence-corrected chi connectivity index (χ2v) is 6.28. The molecule has 0 spiro atoms. The summed E-state index contributed by atoms with van der Waals surface area (Å²) in [5, 5.41) is 9.69. The lowest BCUT2D eigenvalue weighted by Gasteiger charge is -2.15. The van der Waals surface area contributed by atoms with E-state index in [2.05, 4.69) is 36.4 Å². The second kappa shape index (κ2) is 8.66. The van der Waals surface area contributed by atoms with Gasteiger partial charge in [0.2, 0.25) is 5.95 Å². The van der Waals surface area contributed by atoms with Gasteiger partial charge in [-0.3, -0.25) is 0 Å². The van der Waals surface area contributed by atoms with Crippen LogP contribution in [0.1, 0.15) is 18.1 Å². The summed E-state index contributed by atoms with van der Waals surface area (Å²) in [6.45, 7) is 3.29. The maximum Gasteiger partial charge on any atom is 0.218 e. The van der Waals surface area contributed by atoms with E-state index >= 15 is 0 Å². The van der Waals surface area contributed by atoms with Crippen LogP contribution in [-0.4, -0.2) is 21.8 Å². The van der Waals surface area contributed by atoms with Gasteiger partial charge in [-0.15, -0.1) is 0 Å². The van der Waals surface area contributed by atoms with Crippen molar-refractivity contribution in [3.63, 3.8) is 0 Å². The number of aromatic nitrogens is 3. The molecular formula is C18H18BrFN4O2. The van der Waals surface area contributed by atoms with Gasteiger partial charge in [-0.05, 0) is 42.3 Å². The lowest BCUT2D eigenvalue weighted by Crippen LogP contribution is -2.05. The molecule has 0 atom stereocenters. The van der Waals surface area contributed by atoms with Crippen molar-refractivity contribution in [3.8, 4) is 11.5 Å². The van der Waals surface area contributed by atoms with Crippen molar-refractivity contribution in [2.45, 2.75) is 20.1 Å². The molecule has 3 rings (SSSR count). The number of ether oxygens (including phenoxy) is 2. The van der Waals surface area contributed by atoms with E-state index < -0.39 is 0 Å². The summed E-state index contributed by atoms with van der Waals surface area (Å²) in [6.07, 6.45) is 1.44. The highest BCUT2D eigenvalue weighted by Gasteiger charge is 2.12. The summed E-state index contributed by atoms with van der Waals surface area (Å²) in [5.74, 6) is 1.58. The molecule has 8 heteroatoms. The van der Waals surface area contributed by atoms with Crippen molar-refractivity contribution in [2.75, 3.05) is 11.9 Å². The SMILES string of the molecule is CCOc1cc(CNc2ncn[nH]2)c(Br)cc1OCc1ccc(F)cc1. The molecule has 136 valence electrons. The largest absolute Gasteiger partial charge is 0.490 e. The molecule has 26 heavy (non-hydrogen) atoms. The van der Waals surface area contributed by atoms with Crippen LogP contribution in [0.15, 0.2) is 47.2 Å². The molecule has 0 bridgehead atoms. The zero-order chi connectivity index (χ0) is 18.4. The monoisotopic (exact) mass is 420 g/mol. The van der Waals surface area contributed by atoms with Crippen molar-refractivity contribution in [2.24, 2.45) is 0 Å². The number of nitrogens with one attached hydrogen (secondary N) is 2. The predicted molar refractivity (Wildman–Crippen MR) is 99.8 cm³/mol. The highest BCUT2D eigenvalue weighted by molar-refractivity contribution is 9.10. The molecule has 6 nitrogen and oxygen atoms in total. The van der Waals surface area contributed by atoms with Crippen LogP contribution in [0.3, 0.4) is 0 Å². The van der Waals surface area contributed by atoms with Crippen molar-refractivity contribution in [1.82, 2.24) is 15.2 Å². The lowest BCUT2D eigenvalue weighted by atomic mass is 10.2. The fourth-order valence-electron chi connectivity index (χ4n) is 2.31. The van der Waals surface area contributed by atoms with E-state index in [0.717, 1.165) is 15.6 Å². The summed E-state index contributed by atoms with van der Waals surface area (Å²) < 4.78 is 25.5. The number of anilines is 1. The smallest absolute Gasteiger partial charge is 0.218 e. The first-order chi connectivity index (χ1) is 12.7. The van der Waals surface area contributed by atoms with Crippen LogP contribution in [0.25, 0.3) is 0 Å². The molecule has 0 aliphatic heterocycles. The van der Waals surface area contributed by atoms with Crippen molar-refractivity contribution < 1.29 is 13.9 Å². The van der Waals surface area contributed by atoms with Gasteiger partial charge in [-0.25, -0.2) is 14.5 Å². The molecule has 2 aromatic carbocycles. The minimum atomic E-state index is -0.268. The zero-order valence-corrected chi connectivity index (χ0v) is 15.7. The minimum Gasteiger partial charge on any atom is -0.490 e. The van der Waals surface area contributed by atoms with Gasteiger partial charge < -0.3 is 14.8 Å². The van der Waals surface area contributed by atoms with Crippen molar-refractivity contribution >= 4 is 21.9 Å². The van der Waals surface area contributed by atoms with E-state index in [1.165, 1.54) is 18.5 Å². The molecule has 0 saturated heterocycles. The Labute approximate surface area is 158 Å². The highest BCUT2D eigenvalue weighted by atomic mass is 79.9. The quantitative estimate of drug-likeness (QED) is 0.568. The Morgan fingerprint density at radius 2 is 1.92 bits per heavy atom. The predicted octanol–water partition coefficient (Wildman–Crippen LogP) is 4.30. The molecule has 1 aromatic heterocycles. The number of hydrogen-bond acceptors (Lipinski definition) is 5. The van der Waals surface area contributed by atoms with Crippen LogP contribution in [0.5, 0.6) is 11.5 Å². The summed E-state index contributed by atoms with van der Waals surface area (Å²) in [5.41, 5.74) is 1.86. The molecule has 3 aromatic rings. The third kappa shape index (κ3) is 4.72. The van der Waals surface area contributed by atoms with Crippen molar-refractivity contribution in [1.29, 1.82) is 0 Å². The molecule has 2 N–H and O–H groups in total. The van der Waals surface area contributed by atoms with E-state index in [1.54, 1.807) is 12.1 Å². The molecule has 0 saturated carbocycles. The van der Waals surface area contributed by atoms with Crippen LogP contribution in [0.2, 0.25) is 0 Å². The zero-order valence-electron chi connectivity index (χ0n) is 14.1. The fourth-order valence-corrected chi connectivity index (χ4v) is 2.77. The number of hydrogen-bond donors (Lipinski definition) is 2. The third-order valence-electron chi connectivity index (χ3n) is 3.58.